The van der Waals surface area contributed by atoms with E-state index >= 15 is 0 Å². The second-order valence-corrected chi connectivity index (χ2v) is 17.5. The molecule has 0 aromatic heterocycles. The van der Waals surface area contributed by atoms with Gasteiger partial charge in [-0.15, -0.1) is 0 Å². The lowest BCUT2D eigenvalue weighted by Crippen LogP contribution is -2.61. The summed E-state index contributed by atoms with van der Waals surface area (Å²) >= 11 is 0. The fraction of sp³-hybridized carbons (Fsp3) is 0.875. The largest absolute Gasteiger partial charge is 0.378 e. The summed E-state index contributed by atoms with van der Waals surface area (Å²) in [4.78, 5) is 14.1. The highest BCUT2D eigenvalue weighted by Crippen LogP contribution is 2.54. The van der Waals surface area contributed by atoms with Crippen LogP contribution in [0.1, 0.15) is 90.4 Å². The molecule has 11 heterocycles. The van der Waals surface area contributed by atoms with Gasteiger partial charge in [0.15, 0.2) is 5.79 Å². The van der Waals surface area contributed by atoms with Crippen molar-refractivity contribution < 1.29 is 52.2 Å². The maximum absolute atomic E-state index is 14.1. The van der Waals surface area contributed by atoms with Crippen LogP contribution in [0.4, 0.5) is 0 Å². The van der Waals surface area contributed by atoms with Crippen molar-refractivity contribution in [3.05, 3.63) is 24.3 Å². The average Bonchev–Trinajstić information content (AvgIpc) is 3.56. The number of ether oxygens (including phenoxy) is 10. The van der Waals surface area contributed by atoms with Crippen molar-refractivity contribution in [3.8, 4) is 0 Å². The Kier molecular flexibility index (Phi) is 8.87. The molecular formula is C40H56O11. The van der Waals surface area contributed by atoms with Crippen LogP contribution in [-0.4, -0.2) is 123 Å². The van der Waals surface area contributed by atoms with Crippen molar-refractivity contribution in [1.82, 2.24) is 0 Å². The molecule has 0 aromatic rings. The van der Waals surface area contributed by atoms with Crippen molar-refractivity contribution in [2.24, 2.45) is 11.8 Å². The predicted molar refractivity (Wildman–Crippen MR) is 181 cm³/mol. The molecule has 51 heavy (non-hydrogen) atoms. The topological polar surface area (TPSA) is 113 Å². The van der Waals surface area contributed by atoms with Gasteiger partial charge in [-0.1, -0.05) is 20.1 Å². The van der Waals surface area contributed by atoms with Crippen molar-refractivity contribution in [2.45, 2.75) is 194 Å². The van der Waals surface area contributed by atoms with Gasteiger partial charge in [-0.2, -0.15) is 0 Å². The molecule has 0 aliphatic carbocycles. The van der Waals surface area contributed by atoms with E-state index in [-0.39, 0.29) is 109 Å². The average molecular weight is 713 g/mol. The number of ketones is 1. The van der Waals surface area contributed by atoms with Gasteiger partial charge in [0.25, 0.3) is 0 Å². The smallest absolute Gasteiger partial charge is 0.172 e. The first kappa shape index (κ1) is 34.3. The van der Waals surface area contributed by atoms with Crippen LogP contribution in [0.15, 0.2) is 24.3 Å². The van der Waals surface area contributed by atoms with E-state index in [1.807, 2.05) is 0 Å². The van der Waals surface area contributed by atoms with E-state index in [0.717, 1.165) is 75.5 Å². The molecule has 11 fully saturated rings. The summed E-state index contributed by atoms with van der Waals surface area (Å²) in [5.41, 5.74) is 2.28. The molecule has 12 bridgehead atoms. The van der Waals surface area contributed by atoms with E-state index in [0.29, 0.717) is 31.6 Å². The Morgan fingerprint density at radius 1 is 0.745 bits per heavy atom. The van der Waals surface area contributed by atoms with Crippen LogP contribution in [0, 0.1) is 11.8 Å². The number of hydrogen-bond acceptors (Lipinski definition) is 11. The van der Waals surface area contributed by atoms with Crippen LogP contribution >= 0.6 is 0 Å². The molecule has 10 unspecified atom stereocenters. The maximum atomic E-state index is 14.1. The van der Waals surface area contributed by atoms with Gasteiger partial charge in [0, 0.05) is 51.6 Å². The van der Waals surface area contributed by atoms with Crippen molar-refractivity contribution >= 4 is 5.78 Å². The molecule has 19 atom stereocenters. The van der Waals surface area contributed by atoms with Gasteiger partial charge >= 0.3 is 0 Å². The summed E-state index contributed by atoms with van der Waals surface area (Å²) in [5.74, 6) is -0.359. The first-order valence-corrected chi connectivity index (χ1v) is 20.0. The number of Topliss-reactive ketones (excluding diaryl/α,β-unsaturated/α-hetero) is 1. The first-order valence-electron chi connectivity index (χ1n) is 20.0. The van der Waals surface area contributed by atoms with Crippen LogP contribution in [0.2, 0.25) is 0 Å². The molecule has 0 aromatic carbocycles. The number of rotatable bonds is 3. The molecule has 11 heteroatoms. The van der Waals surface area contributed by atoms with E-state index in [4.69, 9.17) is 47.4 Å². The molecule has 1 spiro atoms. The summed E-state index contributed by atoms with van der Waals surface area (Å²) in [6, 6.07) is 0. The maximum Gasteiger partial charge on any atom is 0.172 e. The predicted octanol–water partition coefficient (Wildman–Crippen LogP) is 4.52. The lowest BCUT2D eigenvalue weighted by molar-refractivity contribution is -0.292. The fourth-order valence-corrected chi connectivity index (χ4v) is 11.4. The van der Waals surface area contributed by atoms with E-state index in [1.54, 1.807) is 7.11 Å². The molecular weight excluding hydrogens is 656 g/mol. The van der Waals surface area contributed by atoms with E-state index in [2.05, 4.69) is 20.1 Å². The van der Waals surface area contributed by atoms with Crippen LogP contribution in [0.3, 0.4) is 0 Å². The van der Waals surface area contributed by atoms with Crippen LogP contribution in [-0.2, 0) is 52.2 Å². The monoisotopic (exact) mass is 712 g/mol. The minimum absolute atomic E-state index is 0.0126. The number of epoxide rings is 1. The fourth-order valence-electron chi connectivity index (χ4n) is 11.4. The summed E-state index contributed by atoms with van der Waals surface area (Å²) < 4.78 is 65.9. The molecule has 11 rings (SSSR count). The zero-order chi connectivity index (χ0) is 34.6. The first-order chi connectivity index (χ1) is 24.7. The van der Waals surface area contributed by atoms with Crippen molar-refractivity contribution in [2.75, 3.05) is 13.7 Å². The summed E-state index contributed by atoms with van der Waals surface area (Å²) in [7, 11) is 1.74. The molecule has 0 saturated carbocycles. The van der Waals surface area contributed by atoms with Gasteiger partial charge in [0.1, 0.15) is 36.3 Å². The molecule has 0 radical (unpaired) electrons. The highest BCUT2D eigenvalue weighted by atomic mass is 16.8. The minimum Gasteiger partial charge on any atom is -0.378 e. The van der Waals surface area contributed by atoms with E-state index < -0.39 is 5.79 Å². The number of fused-ring (bicyclic) bond motifs is 6. The van der Waals surface area contributed by atoms with Crippen LogP contribution < -0.4 is 0 Å². The Balaban J connectivity index is 0.931. The molecule has 0 amide bonds. The number of carbonyl (C=O) groups is 1. The van der Waals surface area contributed by atoms with Gasteiger partial charge < -0.3 is 47.4 Å². The van der Waals surface area contributed by atoms with Gasteiger partial charge in [-0.25, -0.2) is 0 Å². The Morgan fingerprint density at radius 2 is 1.51 bits per heavy atom. The highest BCUT2D eigenvalue weighted by molar-refractivity contribution is 5.79. The molecule has 11 aliphatic heterocycles. The van der Waals surface area contributed by atoms with Gasteiger partial charge in [-0.3, -0.25) is 4.79 Å². The van der Waals surface area contributed by atoms with Crippen molar-refractivity contribution in [3.63, 3.8) is 0 Å². The minimum atomic E-state index is -0.758. The molecule has 0 N–H and O–H groups in total. The third-order valence-electron chi connectivity index (χ3n) is 14.1. The van der Waals surface area contributed by atoms with Crippen molar-refractivity contribution in [1.29, 1.82) is 0 Å². The third-order valence-corrected chi connectivity index (χ3v) is 14.1. The van der Waals surface area contributed by atoms with E-state index in [1.165, 1.54) is 0 Å². The molecule has 11 nitrogen and oxygen atoms in total. The normalized spacial score (nSPS) is 55.1. The summed E-state index contributed by atoms with van der Waals surface area (Å²) in [6.45, 7) is 12.0. The zero-order valence-corrected chi connectivity index (χ0v) is 30.2. The Labute approximate surface area is 301 Å². The van der Waals surface area contributed by atoms with Gasteiger partial charge in [0.2, 0.25) is 0 Å². The number of methoxy groups -OCH3 is 1. The quantitative estimate of drug-likeness (QED) is 0.304. The van der Waals surface area contributed by atoms with Crippen LogP contribution in [0.25, 0.3) is 0 Å². The molecule has 11 aliphatic rings. The highest BCUT2D eigenvalue weighted by Gasteiger charge is 2.68. The van der Waals surface area contributed by atoms with Crippen LogP contribution in [0.5, 0.6) is 0 Å². The molecule has 11 saturated heterocycles. The lowest BCUT2D eigenvalue weighted by atomic mass is 9.81. The van der Waals surface area contributed by atoms with E-state index in [9.17, 15) is 4.79 Å². The lowest BCUT2D eigenvalue weighted by Gasteiger charge is -2.47. The summed E-state index contributed by atoms with van der Waals surface area (Å²) in [5, 5.41) is 0. The Bertz CT molecular complexity index is 1380. The van der Waals surface area contributed by atoms with Gasteiger partial charge in [-0.05, 0) is 62.0 Å². The SMILES string of the molecule is C=C1C2C[C@@H]3OC(C[C@H]4CO4)[C@H](OC)C3CC(=O)CC3CCC4O[C@@H]5C6O[C@@H]7C[C@](CCC8CC(=C)[C@H](CCC(C[C@H]1C)O2)O8)(OC6[C@H]4O3)OC57. The zero-order valence-electron chi connectivity index (χ0n) is 30.2. The Morgan fingerprint density at radius 3 is 2.35 bits per heavy atom. The number of hydrogen-bond donors (Lipinski definition) is 0. The standard InChI is InChI=1S/C40H56O11/c1-19-11-23-5-7-28-20(2)12-25(44-28)9-10-40-17-33-36(50-40)37-38(49-33)39(51-40)35-29(48-37)8-6-24(46-35)13-22(41)14-27-31(16-30(45-23)21(19)3)47-32(34(27)42-4)15-26-18-43-26/h19,23-39H,2-3,5-18H2,1,4H3/t19-,23?,24?,25?,26+,27?,28+,29?,30?,31+,32?,33-,34-,35+,36?,37+,38?,39?,40+/m1/s1. The second-order valence-electron chi connectivity index (χ2n) is 17.5. The summed E-state index contributed by atoms with van der Waals surface area (Å²) in [6.07, 6.45) is 7.65. The molecule has 282 valence electrons. The second kappa shape index (κ2) is 13.2. The van der Waals surface area contributed by atoms with Gasteiger partial charge in [0.05, 0.1) is 73.8 Å². The number of carbonyl (C=O) groups excluding carboxylic acids is 1. The Hall–Kier alpha value is -1.25. The third kappa shape index (κ3) is 6.23.